The Bertz CT molecular complexity index is 540. The lowest BCUT2D eigenvalue weighted by Gasteiger charge is -2.17. The predicted molar refractivity (Wildman–Crippen MR) is 77.7 cm³/mol. The number of amides is 2. The van der Waals surface area contributed by atoms with Crippen LogP contribution in [0.15, 0.2) is 24.3 Å². The molecule has 21 heavy (non-hydrogen) atoms. The lowest BCUT2D eigenvalue weighted by Crippen LogP contribution is -2.45. The van der Waals surface area contributed by atoms with Gasteiger partial charge in [-0.1, -0.05) is 19.9 Å². The van der Waals surface area contributed by atoms with Gasteiger partial charge in [0.2, 0.25) is 5.91 Å². The van der Waals surface area contributed by atoms with Gasteiger partial charge in [0.25, 0.3) is 5.91 Å². The quantitative estimate of drug-likeness (QED) is 0.767. The first kappa shape index (κ1) is 16.7. The third kappa shape index (κ3) is 4.91. The second-order valence-corrected chi connectivity index (χ2v) is 5.13. The zero-order chi connectivity index (χ0) is 16.0. The molecular weight excluding hydrogens is 272 g/mol. The predicted octanol–water partition coefficient (Wildman–Crippen LogP) is 1.10. The van der Waals surface area contributed by atoms with Crippen LogP contribution in [-0.4, -0.2) is 30.9 Å². The summed E-state index contributed by atoms with van der Waals surface area (Å²) < 4.78 is 4.60. The number of benzene rings is 1. The monoisotopic (exact) mass is 292 g/mol. The van der Waals surface area contributed by atoms with Crippen LogP contribution in [0.2, 0.25) is 0 Å². The minimum Gasteiger partial charge on any atom is -0.465 e. The molecule has 1 rings (SSSR count). The fourth-order valence-corrected chi connectivity index (χ4v) is 1.86. The van der Waals surface area contributed by atoms with Gasteiger partial charge >= 0.3 is 5.97 Å². The van der Waals surface area contributed by atoms with Crippen molar-refractivity contribution in [3.63, 3.8) is 0 Å². The Labute approximate surface area is 123 Å². The molecule has 114 valence electrons. The minimum atomic E-state index is -0.737. The smallest absolute Gasteiger partial charge is 0.337 e. The van der Waals surface area contributed by atoms with Gasteiger partial charge in [-0.25, -0.2) is 4.79 Å². The normalized spacial score (nSPS) is 11.8. The molecular formula is C15H20N2O4. The van der Waals surface area contributed by atoms with Crippen molar-refractivity contribution in [2.45, 2.75) is 26.3 Å². The van der Waals surface area contributed by atoms with Gasteiger partial charge in [-0.3, -0.25) is 9.59 Å². The van der Waals surface area contributed by atoms with Gasteiger partial charge in [-0.05, 0) is 30.5 Å². The van der Waals surface area contributed by atoms with Crippen LogP contribution in [-0.2, 0) is 9.53 Å². The molecule has 0 bridgehead atoms. The van der Waals surface area contributed by atoms with Crippen LogP contribution >= 0.6 is 0 Å². The van der Waals surface area contributed by atoms with E-state index in [1.165, 1.54) is 13.2 Å². The molecule has 0 aliphatic rings. The van der Waals surface area contributed by atoms with Gasteiger partial charge in [-0.2, -0.15) is 0 Å². The van der Waals surface area contributed by atoms with E-state index in [4.69, 9.17) is 5.73 Å². The number of nitrogens with one attached hydrogen (secondary N) is 1. The molecule has 0 aromatic heterocycles. The lowest BCUT2D eigenvalue weighted by atomic mass is 10.0. The molecule has 0 heterocycles. The standard InChI is InChI=1S/C15H20N2O4/c1-9(2)7-12(13(16)18)17-14(19)10-5-4-6-11(8-10)15(20)21-3/h4-6,8-9,12H,7H2,1-3H3,(H2,16,18)(H,17,19)/t12-/m0/s1. The van der Waals surface area contributed by atoms with Crippen LogP contribution in [0.5, 0.6) is 0 Å². The zero-order valence-corrected chi connectivity index (χ0v) is 12.4. The highest BCUT2D eigenvalue weighted by molar-refractivity contribution is 5.99. The highest BCUT2D eigenvalue weighted by atomic mass is 16.5. The van der Waals surface area contributed by atoms with E-state index in [0.717, 1.165) is 0 Å². The van der Waals surface area contributed by atoms with Gasteiger partial charge in [0, 0.05) is 5.56 Å². The Morgan fingerprint density at radius 1 is 1.24 bits per heavy atom. The molecule has 0 aliphatic heterocycles. The van der Waals surface area contributed by atoms with Crippen LogP contribution in [0.1, 0.15) is 41.0 Å². The average Bonchev–Trinajstić information content (AvgIpc) is 2.45. The first-order valence-electron chi connectivity index (χ1n) is 6.63. The highest BCUT2D eigenvalue weighted by Gasteiger charge is 2.20. The Morgan fingerprint density at radius 2 is 1.86 bits per heavy atom. The maximum absolute atomic E-state index is 12.1. The van der Waals surface area contributed by atoms with Crippen molar-refractivity contribution >= 4 is 17.8 Å². The van der Waals surface area contributed by atoms with Crippen LogP contribution in [0.4, 0.5) is 0 Å². The van der Waals surface area contributed by atoms with Gasteiger partial charge in [-0.15, -0.1) is 0 Å². The summed E-state index contributed by atoms with van der Waals surface area (Å²) in [5.41, 5.74) is 5.82. The summed E-state index contributed by atoms with van der Waals surface area (Å²) in [4.78, 5) is 34.9. The number of carbonyl (C=O) groups excluding carboxylic acids is 3. The van der Waals surface area contributed by atoms with Gasteiger partial charge in [0.05, 0.1) is 12.7 Å². The molecule has 1 aromatic rings. The molecule has 6 nitrogen and oxygen atoms in total. The van der Waals surface area contributed by atoms with Crippen molar-refractivity contribution in [3.05, 3.63) is 35.4 Å². The summed E-state index contributed by atoms with van der Waals surface area (Å²) in [5.74, 6) is -1.35. The van der Waals surface area contributed by atoms with Crippen molar-refractivity contribution in [1.82, 2.24) is 5.32 Å². The number of hydrogen-bond acceptors (Lipinski definition) is 4. The van der Waals surface area contributed by atoms with E-state index in [1.54, 1.807) is 18.2 Å². The molecule has 1 atom stereocenters. The first-order valence-corrected chi connectivity index (χ1v) is 6.63. The van der Waals surface area contributed by atoms with E-state index in [9.17, 15) is 14.4 Å². The van der Waals surface area contributed by atoms with E-state index >= 15 is 0 Å². The Balaban J connectivity index is 2.87. The van der Waals surface area contributed by atoms with Crippen LogP contribution in [0.3, 0.4) is 0 Å². The van der Waals surface area contributed by atoms with E-state index in [1.807, 2.05) is 13.8 Å². The SMILES string of the molecule is COC(=O)c1cccc(C(=O)N[C@@H](CC(C)C)C(N)=O)c1. The number of esters is 1. The number of ether oxygens (including phenoxy) is 1. The first-order chi connectivity index (χ1) is 9.85. The Morgan fingerprint density at radius 3 is 2.38 bits per heavy atom. The Hall–Kier alpha value is -2.37. The maximum atomic E-state index is 12.1. The number of primary amides is 1. The third-order valence-corrected chi connectivity index (χ3v) is 2.90. The van der Waals surface area contributed by atoms with Gasteiger partial charge < -0.3 is 15.8 Å². The zero-order valence-electron chi connectivity index (χ0n) is 12.4. The van der Waals surface area contributed by atoms with E-state index in [2.05, 4.69) is 10.1 Å². The number of rotatable bonds is 6. The number of hydrogen-bond donors (Lipinski definition) is 2. The fourth-order valence-electron chi connectivity index (χ4n) is 1.86. The second-order valence-electron chi connectivity index (χ2n) is 5.13. The lowest BCUT2D eigenvalue weighted by molar-refractivity contribution is -0.120. The number of nitrogens with two attached hydrogens (primary N) is 1. The molecule has 0 saturated heterocycles. The molecule has 1 aromatic carbocycles. The molecule has 2 amide bonds. The minimum absolute atomic E-state index is 0.212. The molecule has 0 fully saturated rings. The van der Waals surface area contributed by atoms with Crippen molar-refractivity contribution in [2.24, 2.45) is 11.7 Å². The molecule has 6 heteroatoms. The molecule has 0 aliphatic carbocycles. The van der Waals surface area contributed by atoms with E-state index in [-0.39, 0.29) is 17.0 Å². The Kier molecular flexibility index (Phi) is 5.90. The average molecular weight is 292 g/mol. The van der Waals surface area contributed by atoms with Crippen molar-refractivity contribution < 1.29 is 19.1 Å². The second kappa shape index (κ2) is 7.42. The summed E-state index contributed by atoms with van der Waals surface area (Å²) >= 11 is 0. The van der Waals surface area contributed by atoms with Gasteiger partial charge in [0.1, 0.15) is 6.04 Å². The molecule has 0 radical (unpaired) electrons. The molecule has 0 unspecified atom stereocenters. The van der Waals surface area contributed by atoms with E-state index < -0.39 is 23.8 Å². The highest BCUT2D eigenvalue weighted by Crippen LogP contribution is 2.09. The van der Waals surface area contributed by atoms with Crippen molar-refractivity contribution in [3.8, 4) is 0 Å². The molecule has 3 N–H and O–H groups in total. The fraction of sp³-hybridized carbons (Fsp3) is 0.400. The number of methoxy groups -OCH3 is 1. The van der Waals surface area contributed by atoms with E-state index in [0.29, 0.717) is 6.42 Å². The summed E-state index contributed by atoms with van der Waals surface area (Å²) in [5, 5.41) is 2.58. The summed E-state index contributed by atoms with van der Waals surface area (Å²) in [6, 6.07) is 5.34. The number of carbonyl (C=O) groups is 3. The third-order valence-electron chi connectivity index (χ3n) is 2.90. The van der Waals surface area contributed by atoms with Crippen molar-refractivity contribution in [2.75, 3.05) is 7.11 Å². The van der Waals surface area contributed by atoms with Crippen LogP contribution in [0, 0.1) is 5.92 Å². The maximum Gasteiger partial charge on any atom is 0.337 e. The van der Waals surface area contributed by atoms with Crippen LogP contribution in [0.25, 0.3) is 0 Å². The topological polar surface area (TPSA) is 98.5 Å². The summed E-state index contributed by atoms with van der Waals surface area (Å²) in [6.45, 7) is 3.86. The summed E-state index contributed by atoms with van der Waals surface area (Å²) in [7, 11) is 1.26. The van der Waals surface area contributed by atoms with Gasteiger partial charge in [0.15, 0.2) is 0 Å². The largest absolute Gasteiger partial charge is 0.465 e. The molecule has 0 saturated carbocycles. The molecule has 0 spiro atoms. The van der Waals surface area contributed by atoms with Crippen molar-refractivity contribution in [1.29, 1.82) is 0 Å². The van der Waals surface area contributed by atoms with Crippen LogP contribution < -0.4 is 11.1 Å². The summed E-state index contributed by atoms with van der Waals surface area (Å²) in [6.07, 6.45) is 0.456.